The summed E-state index contributed by atoms with van der Waals surface area (Å²) in [6.07, 6.45) is 3.81. The van der Waals surface area contributed by atoms with Crippen molar-refractivity contribution in [3.63, 3.8) is 0 Å². The first-order chi connectivity index (χ1) is 13.9. The van der Waals surface area contributed by atoms with Crippen LogP contribution in [0, 0.1) is 0 Å². The molecule has 148 valence electrons. The van der Waals surface area contributed by atoms with Gasteiger partial charge < -0.3 is 19.5 Å². The summed E-state index contributed by atoms with van der Waals surface area (Å²) in [7, 11) is 3.33. The minimum Gasteiger partial charge on any atom is -0.452 e. The number of hydrogen-bond donors (Lipinski definition) is 1. The standard InChI is InChI=1S/C22H21N3O4/c1-24(2)21(27)16-5-9-18(10-6-16)23-20(26)15-29-22(28)17-7-11-19(12-8-17)25-13-3-4-14-25/h3-14H,15H2,1-2H3,(H,23,26). The lowest BCUT2D eigenvalue weighted by Crippen LogP contribution is -2.22. The summed E-state index contributed by atoms with van der Waals surface area (Å²) in [5.74, 6) is -1.17. The van der Waals surface area contributed by atoms with E-state index in [2.05, 4.69) is 5.32 Å². The Balaban J connectivity index is 1.51. The lowest BCUT2D eigenvalue weighted by molar-refractivity contribution is -0.119. The minimum atomic E-state index is -0.578. The molecule has 3 aromatic rings. The predicted molar refractivity (Wildman–Crippen MR) is 109 cm³/mol. The average molecular weight is 391 g/mol. The highest BCUT2D eigenvalue weighted by Crippen LogP contribution is 2.12. The van der Waals surface area contributed by atoms with Crippen molar-refractivity contribution >= 4 is 23.5 Å². The van der Waals surface area contributed by atoms with Crippen LogP contribution < -0.4 is 5.32 Å². The fourth-order valence-corrected chi connectivity index (χ4v) is 2.64. The summed E-state index contributed by atoms with van der Waals surface area (Å²) in [6.45, 7) is -0.406. The van der Waals surface area contributed by atoms with Crippen LogP contribution in [0.1, 0.15) is 20.7 Å². The molecule has 0 aliphatic carbocycles. The van der Waals surface area contributed by atoms with Crippen LogP contribution in [0.3, 0.4) is 0 Å². The van der Waals surface area contributed by atoms with Gasteiger partial charge >= 0.3 is 5.97 Å². The molecule has 0 fully saturated rings. The number of nitrogens with zero attached hydrogens (tertiary/aromatic N) is 2. The SMILES string of the molecule is CN(C)C(=O)c1ccc(NC(=O)COC(=O)c2ccc(-n3cccc3)cc2)cc1. The Labute approximate surface area is 168 Å². The summed E-state index contributed by atoms with van der Waals surface area (Å²) in [4.78, 5) is 37.5. The van der Waals surface area contributed by atoms with E-state index in [0.29, 0.717) is 16.8 Å². The third kappa shape index (κ3) is 5.10. The third-order valence-corrected chi connectivity index (χ3v) is 4.16. The Morgan fingerprint density at radius 3 is 2.07 bits per heavy atom. The van der Waals surface area contributed by atoms with Crippen LogP contribution >= 0.6 is 0 Å². The quantitative estimate of drug-likeness (QED) is 0.655. The van der Waals surface area contributed by atoms with Crippen LogP contribution in [-0.4, -0.2) is 48.0 Å². The summed E-state index contributed by atoms with van der Waals surface area (Å²) in [5, 5.41) is 2.63. The maximum Gasteiger partial charge on any atom is 0.338 e. The van der Waals surface area contributed by atoms with Gasteiger partial charge in [-0.05, 0) is 60.7 Å². The number of carbonyl (C=O) groups is 3. The maximum atomic E-state index is 12.1. The van der Waals surface area contributed by atoms with Crippen LogP contribution in [-0.2, 0) is 9.53 Å². The maximum absolute atomic E-state index is 12.1. The largest absolute Gasteiger partial charge is 0.452 e. The third-order valence-electron chi connectivity index (χ3n) is 4.16. The van der Waals surface area contributed by atoms with Crippen LogP contribution in [0.15, 0.2) is 73.1 Å². The first kappa shape index (κ1) is 19.9. The van der Waals surface area contributed by atoms with E-state index in [-0.39, 0.29) is 5.91 Å². The van der Waals surface area contributed by atoms with E-state index in [1.807, 2.05) is 29.1 Å². The molecule has 0 spiro atoms. The van der Waals surface area contributed by atoms with Gasteiger partial charge in [0.2, 0.25) is 0 Å². The summed E-state index contributed by atoms with van der Waals surface area (Å²) in [5.41, 5.74) is 2.31. The second-order valence-corrected chi connectivity index (χ2v) is 6.54. The molecule has 3 rings (SSSR count). The fraction of sp³-hybridized carbons (Fsp3) is 0.136. The molecule has 29 heavy (non-hydrogen) atoms. The highest BCUT2D eigenvalue weighted by molar-refractivity contribution is 5.97. The van der Waals surface area contributed by atoms with Crippen molar-refractivity contribution in [2.75, 3.05) is 26.0 Å². The van der Waals surface area contributed by atoms with Gasteiger partial charge in [0.15, 0.2) is 6.61 Å². The van der Waals surface area contributed by atoms with Crippen molar-refractivity contribution in [1.82, 2.24) is 9.47 Å². The number of nitrogens with one attached hydrogen (secondary N) is 1. The number of aromatic nitrogens is 1. The number of amides is 2. The molecule has 2 aromatic carbocycles. The van der Waals surface area contributed by atoms with E-state index in [9.17, 15) is 14.4 Å². The van der Waals surface area contributed by atoms with E-state index in [1.165, 1.54) is 4.90 Å². The first-order valence-electron chi connectivity index (χ1n) is 8.96. The second-order valence-electron chi connectivity index (χ2n) is 6.54. The zero-order valence-corrected chi connectivity index (χ0v) is 16.2. The van der Waals surface area contributed by atoms with Crippen LogP contribution in [0.25, 0.3) is 5.69 Å². The topological polar surface area (TPSA) is 80.6 Å². The van der Waals surface area contributed by atoms with Gasteiger partial charge in [-0.25, -0.2) is 4.79 Å². The predicted octanol–water partition coefficient (Wildman–Crippen LogP) is 2.97. The Hall–Kier alpha value is -3.87. The highest BCUT2D eigenvalue weighted by atomic mass is 16.5. The molecule has 0 saturated carbocycles. The molecular weight excluding hydrogens is 370 g/mol. The zero-order valence-electron chi connectivity index (χ0n) is 16.2. The normalized spacial score (nSPS) is 10.3. The van der Waals surface area contributed by atoms with E-state index < -0.39 is 18.5 Å². The monoisotopic (exact) mass is 391 g/mol. The van der Waals surface area contributed by atoms with Crippen LogP contribution in [0.4, 0.5) is 5.69 Å². The molecule has 2 amide bonds. The Morgan fingerprint density at radius 2 is 1.48 bits per heavy atom. The molecule has 0 saturated heterocycles. The van der Waals surface area contributed by atoms with Crippen molar-refractivity contribution < 1.29 is 19.1 Å². The lowest BCUT2D eigenvalue weighted by atomic mass is 10.2. The second kappa shape index (κ2) is 8.88. The molecule has 0 aliphatic heterocycles. The summed E-state index contributed by atoms with van der Waals surface area (Å²) < 4.78 is 6.98. The molecule has 0 bridgehead atoms. The Bertz CT molecular complexity index is 992. The highest BCUT2D eigenvalue weighted by Gasteiger charge is 2.12. The molecule has 1 heterocycles. The molecule has 0 unspecified atom stereocenters. The Kier molecular flexibility index (Phi) is 6.09. The Morgan fingerprint density at radius 1 is 0.897 bits per heavy atom. The minimum absolute atomic E-state index is 0.125. The van der Waals surface area contributed by atoms with Gasteiger partial charge in [0.1, 0.15) is 0 Å². The van der Waals surface area contributed by atoms with Crippen molar-refractivity contribution in [3.8, 4) is 5.69 Å². The van der Waals surface area contributed by atoms with Crippen LogP contribution in [0.2, 0.25) is 0 Å². The van der Waals surface area contributed by atoms with Gasteiger partial charge in [-0.2, -0.15) is 0 Å². The van der Waals surface area contributed by atoms with E-state index in [0.717, 1.165) is 5.69 Å². The van der Waals surface area contributed by atoms with Crippen molar-refractivity contribution in [2.24, 2.45) is 0 Å². The number of benzene rings is 2. The number of anilines is 1. The lowest BCUT2D eigenvalue weighted by Gasteiger charge is -2.11. The number of carbonyl (C=O) groups excluding carboxylic acids is 3. The molecule has 0 aliphatic rings. The average Bonchev–Trinajstić information content (AvgIpc) is 3.27. The molecule has 1 N–H and O–H groups in total. The smallest absolute Gasteiger partial charge is 0.338 e. The number of rotatable bonds is 6. The molecule has 0 atom stereocenters. The fourth-order valence-electron chi connectivity index (χ4n) is 2.64. The molecule has 7 nitrogen and oxygen atoms in total. The van der Waals surface area contributed by atoms with E-state index in [4.69, 9.17) is 4.74 Å². The molecule has 1 aromatic heterocycles. The van der Waals surface area contributed by atoms with Crippen molar-refractivity contribution in [3.05, 3.63) is 84.2 Å². The van der Waals surface area contributed by atoms with Gasteiger partial charge in [0.05, 0.1) is 5.56 Å². The van der Waals surface area contributed by atoms with Gasteiger partial charge in [-0.3, -0.25) is 9.59 Å². The van der Waals surface area contributed by atoms with Gasteiger partial charge in [-0.15, -0.1) is 0 Å². The van der Waals surface area contributed by atoms with Gasteiger partial charge in [0.25, 0.3) is 11.8 Å². The summed E-state index contributed by atoms with van der Waals surface area (Å²) >= 11 is 0. The molecule has 7 heteroatoms. The van der Waals surface area contributed by atoms with Crippen molar-refractivity contribution in [1.29, 1.82) is 0 Å². The van der Waals surface area contributed by atoms with E-state index >= 15 is 0 Å². The van der Waals surface area contributed by atoms with Crippen LogP contribution in [0.5, 0.6) is 0 Å². The van der Waals surface area contributed by atoms with Gasteiger partial charge in [-0.1, -0.05) is 0 Å². The number of ether oxygens (including phenoxy) is 1. The number of hydrogen-bond acceptors (Lipinski definition) is 4. The molecule has 0 radical (unpaired) electrons. The zero-order chi connectivity index (χ0) is 20.8. The van der Waals surface area contributed by atoms with Crippen molar-refractivity contribution in [2.45, 2.75) is 0 Å². The van der Waals surface area contributed by atoms with E-state index in [1.54, 1.807) is 62.6 Å². The molecular formula is C22H21N3O4. The first-order valence-corrected chi connectivity index (χ1v) is 8.96. The number of esters is 1. The summed E-state index contributed by atoms with van der Waals surface area (Å²) in [6, 6.07) is 17.2. The van der Waals surface area contributed by atoms with Gasteiger partial charge in [0, 0.05) is 43.4 Å².